The van der Waals surface area contributed by atoms with Crippen molar-refractivity contribution in [3.63, 3.8) is 0 Å². The van der Waals surface area contributed by atoms with Gasteiger partial charge >= 0.3 is 0 Å². The minimum atomic E-state index is 0.0948. The lowest BCUT2D eigenvalue weighted by Crippen LogP contribution is -2.54. The van der Waals surface area contributed by atoms with Gasteiger partial charge in [-0.2, -0.15) is 0 Å². The molecule has 2 aromatic carbocycles. The number of aromatic nitrogens is 1. The fourth-order valence-electron chi connectivity index (χ4n) is 5.42. The summed E-state index contributed by atoms with van der Waals surface area (Å²) in [4.78, 5) is 3.79. The van der Waals surface area contributed by atoms with Gasteiger partial charge in [-0.05, 0) is 56.3 Å². The summed E-state index contributed by atoms with van der Waals surface area (Å²) in [7, 11) is 2.23. The van der Waals surface area contributed by atoms with E-state index in [-0.39, 0.29) is 11.1 Å². The minimum absolute atomic E-state index is 0.0948. The second-order valence-electron chi connectivity index (χ2n) is 8.16. The molecular weight excluding hydrogens is 445 g/mol. The van der Waals surface area contributed by atoms with Crippen LogP contribution in [0.4, 0.5) is 0 Å². The molecule has 3 nitrogen and oxygen atoms in total. The van der Waals surface area contributed by atoms with Gasteiger partial charge in [0.2, 0.25) is 0 Å². The average molecular weight is 471 g/mol. The fourth-order valence-corrected chi connectivity index (χ4v) is 6.18. The highest BCUT2D eigenvalue weighted by atomic mass is 127. The average Bonchev–Trinajstić information content (AvgIpc) is 3.10. The molecule has 1 fully saturated rings. The van der Waals surface area contributed by atoms with E-state index in [0.29, 0.717) is 0 Å². The normalized spacial score (nSPS) is 28.0. The predicted octanol–water partition coefficient (Wildman–Crippen LogP) is 5.26. The summed E-state index contributed by atoms with van der Waals surface area (Å²) in [5, 5.41) is 5.34. The molecule has 1 aromatic heterocycles. The molecule has 0 atom stereocenters. The van der Waals surface area contributed by atoms with E-state index < -0.39 is 0 Å². The SMILES string of the molecule is CN(I)C1(c2ccccc2)CCC2(CC1)NCCc1c2[nH]c2ccccc12. The number of hydrogen-bond acceptors (Lipinski definition) is 2. The zero-order valence-corrected chi connectivity index (χ0v) is 17.9. The van der Waals surface area contributed by atoms with Crippen molar-refractivity contribution in [2.75, 3.05) is 13.6 Å². The van der Waals surface area contributed by atoms with Crippen molar-refractivity contribution >= 4 is 33.8 Å². The van der Waals surface area contributed by atoms with Crippen molar-refractivity contribution in [3.05, 3.63) is 71.4 Å². The van der Waals surface area contributed by atoms with Crippen LogP contribution >= 0.6 is 22.9 Å². The van der Waals surface area contributed by atoms with Crippen molar-refractivity contribution in [2.24, 2.45) is 0 Å². The molecule has 140 valence electrons. The molecule has 0 bridgehead atoms. The second kappa shape index (κ2) is 6.61. The first-order valence-corrected chi connectivity index (χ1v) is 10.9. The van der Waals surface area contributed by atoms with E-state index in [1.807, 2.05) is 0 Å². The van der Waals surface area contributed by atoms with E-state index in [2.05, 4.69) is 97.9 Å². The molecule has 27 heavy (non-hydrogen) atoms. The molecule has 0 radical (unpaired) electrons. The van der Waals surface area contributed by atoms with E-state index in [0.717, 1.165) is 38.6 Å². The number of nitrogens with one attached hydrogen (secondary N) is 2. The maximum atomic E-state index is 3.93. The third-order valence-corrected chi connectivity index (χ3v) is 7.89. The highest BCUT2D eigenvalue weighted by molar-refractivity contribution is 14.1. The summed E-state index contributed by atoms with van der Waals surface area (Å²) in [6, 6.07) is 19.9. The van der Waals surface area contributed by atoms with Crippen molar-refractivity contribution < 1.29 is 0 Å². The molecule has 0 unspecified atom stereocenters. The lowest BCUT2D eigenvalue weighted by Gasteiger charge is -2.50. The van der Waals surface area contributed by atoms with Gasteiger partial charge in [0.15, 0.2) is 0 Å². The van der Waals surface area contributed by atoms with Gasteiger partial charge in [0.25, 0.3) is 0 Å². The molecule has 4 heteroatoms. The number of aromatic amines is 1. The highest BCUT2D eigenvalue weighted by Gasteiger charge is 2.48. The number of nitrogens with zero attached hydrogens (tertiary/aromatic N) is 1. The number of fused-ring (bicyclic) bond motifs is 4. The molecule has 0 amide bonds. The van der Waals surface area contributed by atoms with Crippen LogP contribution in [-0.4, -0.2) is 21.7 Å². The third-order valence-electron chi connectivity index (χ3n) is 6.96. The van der Waals surface area contributed by atoms with E-state index in [1.54, 1.807) is 5.56 Å². The smallest absolute Gasteiger partial charge is 0.0591 e. The van der Waals surface area contributed by atoms with E-state index in [1.165, 1.54) is 22.2 Å². The van der Waals surface area contributed by atoms with Crippen LogP contribution in [0.1, 0.15) is 42.5 Å². The molecule has 1 saturated carbocycles. The largest absolute Gasteiger partial charge is 0.357 e. The summed E-state index contributed by atoms with van der Waals surface area (Å²) >= 11 is 2.49. The first kappa shape index (κ1) is 17.7. The van der Waals surface area contributed by atoms with Gasteiger partial charge in [-0.3, -0.25) is 0 Å². The van der Waals surface area contributed by atoms with Gasteiger partial charge < -0.3 is 10.3 Å². The zero-order chi connectivity index (χ0) is 18.5. The highest BCUT2D eigenvalue weighted by Crippen LogP contribution is 2.51. The summed E-state index contributed by atoms with van der Waals surface area (Å²) < 4.78 is 2.42. The summed E-state index contributed by atoms with van der Waals surface area (Å²) in [5.41, 5.74) is 5.95. The minimum Gasteiger partial charge on any atom is -0.357 e. The van der Waals surface area contributed by atoms with Crippen LogP contribution in [0.15, 0.2) is 54.6 Å². The predicted molar refractivity (Wildman–Crippen MR) is 120 cm³/mol. The van der Waals surface area contributed by atoms with Crippen LogP contribution < -0.4 is 5.32 Å². The Bertz CT molecular complexity index is 952. The lowest BCUT2D eigenvalue weighted by atomic mass is 9.66. The Morgan fingerprint density at radius 2 is 1.63 bits per heavy atom. The Labute approximate surface area is 175 Å². The number of benzene rings is 2. The van der Waals surface area contributed by atoms with Crippen molar-refractivity contribution in [2.45, 2.75) is 43.2 Å². The number of para-hydroxylation sites is 1. The van der Waals surface area contributed by atoms with Crippen LogP contribution in [-0.2, 0) is 17.5 Å². The van der Waals surface area contributed by atoms with E-state index >= 15 is 0 Å². The van der Waals surface area contributed by atoms with Crippen LogP contribution in [0.3, 0.4) is 0 Å². The van der Waals surface area contributed by atoms with Crippen LogP contribution in [0.5, 0.6) is 0 Å². The Balaban J connectivity index is 1.53. The quantitative estimate of drug-likeness (QED) is 0.395. The van der Waals surface area contributed by atoms with Crippen molar-refractivity contribution in [1.29, 1.82) is 0 Å². The molecule has 2 aliphatic rings. The molecule has 1 spiro atoms. The molecule has 3 aromatic rings. The van der Waals surface area contributed by atoms with Gasteiger partial charge in [0.1, 0.15) is 0 Å². The Morgan fingerprint density at radius 1 is 0.926 bits per heavy atom. The summed E-state index contributed by atoms with van der Waals surface area (Å²) in [5.74, 6) is 0. The zero-order valence-electron chi connectivity index (χ0n) is 15.8. The molecule has 2 heterocycles. The number of hydrogen-bond donors (Lipinski definition) is 2. The maximum Gasteiger partial charge on any atom is 0.0591 e. The van der Waals surface area contributed by atoms with Gasteiger partial charge in [-0.25, -0.2) is 3.11 Å². The van der Waals surface area contributed by atoms with Crippen LogP contribution in [0, 0.1) is 0 Å². The Kier molecular flexibility index (Phi) is 4.33. The number of rotatable bonds is 2. The van der Waals surface area contributed by atoms with Gasteiger partial charge in [0, 0.05) is 46.0 Å². The molecule has 1 aliphatic heterocycles. The second-order valence-corrected chi connectivity index (χ2v) is 9.61. The monoisotopic (exact) mass is 471 g/mol. The molecule has 1 aliphatic carbocycles. The lowest BCUT2D eigenvalue weighted by molar-refractivity contribution is 0.0983. The topological polar surface area (TPSA) is 31.1 Å². The van der Waals surface area contributed by atoms with Gasteiger partial charge in [-0.15, -0.1) is 0 Å². The van der Waals surface area contributed by atoms with E-state index in [9.17, 15) is 0 Å². The Hall–Kier alpha value is -1.37. The number of halogens is 1. The molecule has 0 saturated heterocycles. The van der Waals surface area contributed by atoms with Crippen LogP contribution in [0.25, 0.3) is 10.9 Å². The van der Waals surface area contributed by atoms with Crippen LogP contribution in [0.2, 0.25) is 0 Å². The van der Waals surface area contributed by atoms with Gasteiger partial charge in [-0.1, -0.05) is 48.5 Å². The third kappa shape index (κ3) is 2.68. The fraction of sp³-hybridized carbons (Fsp3) is 0.391. The number of H-pyrrole nitrogens is 1. The summed E-state index contributed by atoms with van der Waals surface area (Å²) in [6.45, 7) is 1.08. The van der Waals surface area contributed by atoms with Gasteiger partial charge in [0.05, 0.1) is 11.1 Å². The molecule has 5 rings (SSSR count). The first-order chi connectivity index (χ1) is 13.1. The molecular formula is C23H26IN3. The standard InChI is InChI=1S/C23H26IN3/c1-27(24)23(17-7-3-2-4-8-17)14-12-22(13-15-23)21-19(11-16-25-22)18-9-5-6-10-20(18)26-21/h2-10,25-26H,11-16H2,1H3. The summed E-state index contributed by atoms with van der Waals surface area (Å²) in [6.07, 6.45) is 5.78. The first-order valence-electron chi connectivity index (χ1n) is 9.95. The maximum absolute atomic E-state index is 3.93. The van der Waals surface area contributed by atoms with Crippen molar-refractivity contribution in [1.82, 2.24) is 13.4 Å². The Morgan fingerprint density at radius 3 is 2.37 bits per heavy atom. The van der Waals surface area contributed by atoms with Crippen molar-refractivity contribution in [3.8, 4) is 0 Å². The molecule has 2 N–H and O–H groups in total. The van der Waals surface area contributed by atoms with E-state index in [4.69, 9.17) is 0 Å².